The number of hydrogen-bond donors (Lipinski definition) is 2. The second kappa shape index (κ2) is 8.48. The van der Waals surface area contributed by atoms with Crippen LogP contribution in [0.5, 0.6) is 0 Å². The summed E-state index contributed by atoms with van der Waals surface area (Å²) in [7, 11) is 0. The number of nitrogens with one attached hydrogen (secondary N) is 2. The molecule has 0 aliphatic rings. The monoisotopic (exact) mass is 496 g/mol. The minimum absolute atomic E-state index is 0.455. The predicted octanol–water partition coefficient (Wildman–Crippen LogP) is 6.81. The molecule has 2 aromatic heterocycles. The number of hydrogen-bond acceptors (Lipinski definition) is 4. The van der Waals surface area contributed by atoms with Crippen molar-refractivity contribution in [1.29, 1.82) is 0 Å². The van der Waals surface area contributed by atoms with E-state index in [4.69, 9.17) is 47.6 Å². The van der Waals surface area contributed by atoms with Gasteiger partial charge < -0.3 is 0 Å². The summed E-state index contributed by atoms with van der Waals surface area (Å²) in [5.41, 5.74) is 3.23. The Morgan fingerprint density at radius 1 is 0.594 bits per heavy atom. The summed E-state index contributed by atoms with van der Waals surface area (Å²) < 4.78 is 4.53. The van der Waals surface area contributed by atoms with E-state index in [1.807, 2.05) is 81.9 Å². The first-order chi connectivity index (χ1) is 15.5. The first-order valence-corrected chi connectivity index (χ1v) is 11.1. The van der Waals surface area contributed by atoms with E-state index >= 15 is 0 Å². The summed E-state index contributed by atoms with van der Waals surface area (Å²) in [6.45, 7) is 0. The number of nitrogens with zero attached hydrogens (tertiary/aromatic N) is 4. The van der Waals surface area contributed by atoms with Crippen LogP contribution in [0.25, 0.3) is 34.2 Å². The van der Waals surface area contributed by atoms with Crippen LogP contribution < -0.4 is 0 Å². The Bertz CT molecular complexity index is 1430. The van der Waals surface area contributed by atoms with Gasteiger partial charge in [0.2, 0.25) is 0 Å². The van der Waals surface area contributed by atoms with Gasteiger partial charge in [0.25, 0.3) is 0 Å². The Morgan fingerprint density at radius 2 is 0.969 bits per heavy atom. The highest BCUT2D eigenvalue weighted by atomic mass is 35.5. The van der Waals surface area contributed by atoms with Gasteiger partial charge in [0.05, 0.1) is 21.4 Å². The minimum atomic E-state index is 0.455. The third-order valence-corrected chi connectivity index (χ3v) is 6.12. The number of H-pyrrole nitrogens is 2. The molecule has 0 amide bonds. The highest BCUT2D eigenvalue weighted by Gasteiger charge is 2.16. The van der Waals surface area contributed by atoms with Crippen molar-refractivity contribution in [1.82, 2.24) is 29.5 Å². The Morgan fingerprint density at radius 3 is 1.34 bits per heavy atom. The highest BCUT2D eigenvalue weighted by Crippen LogP contribution is 2.30. The van der Waals surface area contributed by atoms with E-state index in [0.29, 0.717) is 31.2 Å². The molecule has 2 heterocycles. The number of benzene rings is 3. The fraction of sp³-hybridized carbons (Fsp3) is 0. The van der Waals surface area contributed by atoms with Crippen LogP contribution in [0.4, 0.5) is 0 Å². The molecule has 0 spiro atoms. The van der Waals surface area contributed by atoms with Crippen molar-refractivity contribution >= 4 is 47.6 Å². The lowest BCUT2D eigenvalue weighted by atomic mass is 10.1. The Labute approximate surface area is 203 Å². The van der Waals surface area contributed by atoms with Crippen molar-refractivity contribution in [3.05, 3.63) is 92.4 Å². The molecule has 3 aromatic carbocycles. The zero-order chi connectivity index (χ0) is 22.2. The zero-order valence-corrected chi connectivity index (χ0v) is 19.4. The molecule has 5 rings (SSSR count). The third kappa shape index (κ3) is 3.61. The van der Waals surface area contributed by atoms with E-state index in [1.54, 1.807) is 0 Å². The number of aromatic nitrogens is 6. The number of para-hydroxylation sites is 2. The van der Waals surface area contributed by atoms with E-state index < -0.39 is 0 Å². The fourth-order valence-electron chi connectivity index (χ4n) is 3.46. The molecule has 6 nitrogen and oxygen atoms in total. The van der Waals surface area contributed by atoms with Crippen molar-refractivity contribution in [3.63, 3.8) is 0 Å². The normalized spacial score (nSPS) is 11.1. The topological polar surface area (TPSA) is 67.2 Å². The van der Waals surface area contributed by atoms with Gasteiger partial charge in [-0.2, -0.15) is 10.2 Å². The molecule has 0 aliphatic heterocycles. The first kappa shape index (κ1) is 20.8. The standard InChI is InChI=1S/C22H14Cl2N6S2/c23-15-5-1-3-7-17(15)29-19(25-27-21(29)31)13-9-11-14(12-10-13)20-26-28-22(32)30(20)18-8-4-2-6-16(18)24/h1-12H,(H,27,31)(H,28,32). The van der Waals surface area contributed by atoms with Gasteiger partial charge in [-0.05, 0) is 48.7 Å². The summed E-state index contributed by atoms with van der Waals surface area (Å²) >= 11 is 23.7. The van der Waals surface area contributed by atoms with Gasteiger partial charge >= 0.3 is 0 Å². The highest BCUT2D eigenvalue weighted by molar-refractivity contribution is 7.71. The molecule has 0 saturated carbocycles. The number of aromatic amines is 2. The number of rotatable bonds is 4. The zero-order valence-electron chi connectivity index (χ0n) is 16.3. The largest absolute Gasteiger partial charge is 0.267 e. The van der Waals surface area contributed by atoms with Crippen LogP contribution in [-0.4, -0.2) is 29.5 Å². The summed E-state index contributed by atoms with van der Waals surface area (Å²) in [5.74, 6) is 1.30. The molecule has 0 unspecified atom stereocenters. The van der Waals surface area contributed by atoms with Gasteiger partial charge in [-0.3, -0.25) is 19.3 Å². The van der Waals surface area contributed by atoms with Gasteiger partial charge in [0.1, 0.15) is 0 Å². The molecule has 0 fully saturated rings. The van der Waals surface area contributed by atoms with Gasteiger partial charge in [-0.15, -0.1) is 0 Å². The van der Waals surface area contributed by atoms with E-state index in [9.17, 15) is 0 Å². The summed E-state index contributed by atoms with van der Waals surface area (Å²) in [6, 6.07) is 22.8. The minimum Gasteiger partial charge on any atom is -0.267 e. The lowest BCUT2D eigenvalue weighted by Gasteiger charge is -2.10. The Hall–Kier alpha value is -3.04. The van der Waals surface area contributed by atoms with Gasteiger partial charge in [0, 0.05) is 11.1 Å². The van der Waals surface area contributed by atoms with Crippen molar-refractivity contribution in [2.45, 2.75) is 0 Å². The van der Waals surface area contributed by atoms with E-state index in [2.05, 4.69) is 20.4 Å². The van der Waals surface area contributed by atoms with Crippen molar-refractivity contribution in [2.75, 3.05) is 0 Å². The lowest BCUT2D eigenvalue weighted by molar-refractivity contribution is 1.03. The van der Waals surface area contributed by atoms with Crippen molar-refractivity contribution < 1.29 is 0 Å². The summed E-state index contributed by atoms with van der Waals surface area (Å²) in [4.78, 5) is 0. The molecule has 0 bridgehead atoms. The average molecular weight is 497 g/mol. The van der Waals surface area contributed by atoms with Crippen LogP contribution >= 0.6 is 47.6 Å². The van der Waals surface area contributed by atoms with E-state index in [-0.39, 0.29) is 0 Å². The van der Waals surface area contributed by atoms with Gasteiger partial charge in [-0.25, -0.2) is 0 Å². The molecule has 10 heteroatoms. The van der Waals surface area contributed by atoms with Crippen LogP contribution in [0.1, 0.15) is 0 Å². The van der Waals surface area contributed by atoms with Crippen LogP contribution in [0.2, 0.25) is 10.0 Å². The van der Waals surface area contributed by atoms with Crippen LogP contribution in [-0.2, 0) is 0 Å². The Balaban J connectivity index is 1.59. The second-order valence-electron chi connectivity index (χ2n) is 6.86. The van der Waals surface area contributed by atoms with E-state index in [0.717, 1.165) is 22.5 Å². The SMILES string of the molecule is S=c1[nH]nc(-c2ccc(-c3n[nH]c(=S)n3-c3ccccc3Cl)cc2)n1-c1ccccc1Cl. The molecule has 158 valence electrons. The summed E-state index contributed by atoms with van der Waals surface area (Å²) in [5, 5.41) is 15.7. The number of halogens is 2. The van der Waals surface area contributed by atoms with E-state index in [1.165, 1.54) is 0 Å². The second-order valence-corrected chi connectivity index (χ2v) is 8.44. The smallest absolute Gasteiger partial charge is 0.200 e. The molecule has 0 saturated heterocycles. The summed E-state index contributed by atoms with van der Waals surface area (Å²) in [6.07, 6.45) is 0. The molecule has 0 atom stereocenters. The molecular weight excluding hydrogens is 483 g/mol. The fourth-order valence-corrected chi connectivity index (χ4v) is 4.36. The molecule has 2 N–H and O–H groups in total. The van der Waals surface area contributed by atoms with Gasteiger partial charge in [0.15, 0.2) is 21.2 Å². The average Bonchev–Trinajstić information content (AvgIpc) is 3.37. The lowest BCUT2D eigenvalue weighted by Crippen LogP contribution is -2.00. The van der Waals surface area contributed by atoms with Gasteiger partial charge in [-0.1, -0.05) is 71.7 Å². The quantitative estimate of drug-likeness (QED) is 0.268. The van der Waals surface area contributed by atoms with Crippen LogP contribution in [0.3, 0.4) is 0 Å². The maximum Gasteiger partial charge on any atom is 0.200 e. The van der Waals surface area contributed by atoms with Crippen molar-refractivity contribution in [3.8, 4) is 34.2 Å². The Kier molecular flexibility index (Phi) is 5.52. The molecule has 0 aliphatic carbocycles. The van der Waals surface area contributed by atoms with Crippen LogP contribution in [0.15, 0.2) is 72.8 Å². The van der Waals surface area contributed by atoms with Crippen molar-refractivity contribution in [2.24, 2.45) is 0 Å². The van der Waals surface area contributed by atoms with Crippen LogP contribution in [0, 0.1) is 9.54 Å². The third-order valence-electron chi connectivity index (χ3n) is 4.93. The predicted molar refractivity (Wildman–Crippen MR) is 132 cm³/mol. The maximum absolute atomic E-state index is 6.40. The maximum atomic E-state index is 6.40. The molecule has 5 aromatic rings. The first-order valence-electron chi connectivity index (χ1n) is 9.50. The molecule has 0 radical (unpaired) electrons. The molecule has 32 heavy (non-hydrogen) atoms. The molecular formula is C22H14Cl2N6S2.